The topological polar surface area (TPSA) is 18.5 Å². The van der Waals surface area contributed by atoms with Crippen molar-refractivity contribution in [3.8, 4) is 0 Å². The maximum absolute atomic E-state index is 5.06. The van der Waals surface area contributed by atoms with E-state index in [0.29, 0.717) is 13.2 Å². The monoisotopic (exact) mass is 190 g/mol. The zero-order chi connectivity index (χ0) is 10.2. The van der Waals surface area contributed by atoms with Gasteiger partial charge in [-0.25, -0.2) is 0 Å². The Labute approximate surface area is 84.5 Å². The van der Waals surface area contributed by atoms with E-state index in [1.165, 1.54) is 12.5 Å². The molecule has 0 aliphatic heterocycles. The molecule has 0 aliphatic carbocycles. The molecule has 2 nitrogen and oxygen atoms in total. The Morgan fingerprint density at radius 1 is 0.857 bits per heavy atom. The second kappa shape index (κ2) is 5.86. The highest BCUT2D eigenvalue weighted by molar-refractivity contribution is 5.21. The first kappa shape index (κ1) is 10.4. The van der Waals surface area contributed by atoms with Crippen molar-refractivity contribution in [2.75, 3.05) is 0 Å². The summed E-state index contributed by atoms with van der Waals surface area (Å²) in [6.45, 7) is 8.08. The number of ether oxygens (including phenoxy) is 2. The molecular formula is C12H14O2. The van der Waals surface area contributed by atoms with Gasteiger partial charge in [-0.2, -0.15) is 0 Å². The molecule has 1 aromatic carbocycles. The first-order chi connectivity index (χ1) is 6.86. The van der Waals surface area contributed by atoms with E-state index < -0.39 is 0 Å². The molecule has 1 rings (SSSR count). The van der Waals surface area contributed by atoms with Gasteiger partial charge < -0.3 is 9.47 Å². The fraction of sp³-hybridized carbons (Fsp3) is 0.167. The van der Waals surface area contributed by atoms with E-state index in [1.807, 2.05) is 24.3 Å². The highest BCUT2D eigenvalue weighted by Crippen LogP contribution is 2.07. The van der Waals surface area contributed by atoms with Crippen LogP contribution in [-0.4, -0.2) is 0 Å². The van der Waals surface area contributed by atoms with Crippen LogP contribution in [0, 0.1) is 0 Å². The summed E-state index contributed by atoms with van der Waals surface area (Å²) in [7, 11) is 0. The third kappa shape index (κ3) is 3.35. The van der Waals surface area contributed by atoms with Crippen LogP contribution in [0.4, 0.5) is 0 Å². The quantitative estimate of drug-likeness (QED) is 0.642. The van der Waals surface area contributed by atoms with Crippen LogP contribution in [0.3, 0.4) is 0 Å². The molecule has 0 saturated heterocycles. The predicted molar refractivity (Wildman–Crippen MR) is 56.4 cm³/mol. The van der Waals surface area contributed by atoms with E-state index in [1.54, 1.807) is 0 Å². The molecule has 0 amide bonds. The smallest absolute Gasteiger partial charge is 0.112 e. The zero-order valence-corrected chi connectivity index (χ0v) is 8.11. The van der Waals surface area contributed by atoms with Gasteiger partial charge in [0.15, 0.2) is 0 Å². The highest BCUT2D eigenvalue weighted by atomic mass is 16.5. The van der Waals surface area contributed by atoms with E-state index in [2.05, 4.69) is 13.2 Å². The van der Waals surface area contributed by atoms with Gasteiger partial charge in [0, 0.05) is 0 Å². The average molecular weight is 190 g/mol. The van der Waals surface area contributed by atoms with Gasteiger partial charge >= 0.3 is 0 Å². The van der Waals surface area contributed by atoms with Crippen LogP contribution in [0.2, 0.25) is 0 Å². The van der Waals surface area contributed by atoms with Gasteiger partial charge in [-0.05, 0) is 11.1 Å². The van der Waals surface area contributed by atoms with Crippen LogP contribution in [-0.2, 0) is 22.7 Å². The van der Waals surface area contributed by atoms with E-state index in [0.717, 1.165) is 11.1 Å². The lowest BCUT2D eigenvalue weighted by molar-refractivity contribution is 0.234. The van der Waals surface area contributed by atoms with Crippen LogP contribution >= 0.6 is 0 Å². The average Bonchev–Trinajstić information content (AvgIpc) is 2.25. The standard InChI is InChI=1S/C12H14O2/c1-3-13-9-11-5-7-12(8-6-11)10-14-4-2/h3-8H,1-2,9-10H2. The molecule has 74 valence electrons. The molecule has 0 heterocycles. The van der Waals surface area contributed by atoms with Gasteiger partial charge in [0.1, 0.15) is 13.2 Å². The summed E-state index contributed by atoms with van der Waals surface area (Å²) in [6.07, 6.45) is 2.88. The number of hydrogen-bond donors (Lipinski definition) is 0. The lowest BCUT2D eigenvalue weighted by Crippen LogP contribution is -1.89. The van der Waals surface area contributed by atoms with E-state index in [-0.39, 0.29) is 0 Å². The molecule has 0 unspecified atom stereocenters. The normalized spacial score (nSPS) is 9.14. The molecule has 0 bridgehead atoms. The van der Waals surface area contributed by atoms with Crippen LogP contribution in [0.5, 0.6) is 0 Å². The number of hydrogen-bond acceptors (Lipinski definition) is 2. The Morgan fingerprint density at radius 2 is 1.21 bits per heavy atom. The Kier molecular flexibility index (Phi) is 4.35. The van der Waals surface area contributed by atoms with Crippen molar-refractivity contribution in [3.05, 3.63) is 61.1 Å². The summed E-state index contributed by atoms with van der Waals surface area (Å²) in [5.41, 5.74) is 2.24. The zero-order valence-electron chi connectivity index (χ0n) is 8.11. The largest absolute Gasteiger partial charge is 0.497 e. The van der Waals surface area contributed by atoms with Crippen molar-refractivity contribution in [2.45, 2.75) is 13.2 Å². The van der Waals surface area contributed by atoms with Crippen molar-refractivity contribution in [1.29, 1.82) is 0 Å². The Morgan fingerprint density at radius 3 is 1.50 bits per heavy atom. The van der Waals surface area contributed by atoms with Crippen LogP contribution < -0.4 is 0 Å². The van der Waals surface area contributed by atoms with Crippen LogP contribution in [0.25, 0.3) is 0 Å². The maximum atomic E-state index is 5.06. The third-order valence-corrected chi connectivity index (χ3v) is 1.76. The van der Waals surface area contributed by atoms with Gasteiger partial charge in [0.2, 0.25) is 0 Å². The first-order valence-corrected chi connectivity index (χ1v) is 4.39. The Bertz CT molecular complexity index is 257. The van der Waals surface area contributed by atoms with E-state index in [9.17, 15) is 0 Å². The van der Waals surface area contributed by atoms with Crippen molar-refractivity contribution < 1.29 is 9.47 Å². The summed E-state index contributed by atoms with van der Waals surface area (Å²) < 4.78 is 10.1. The Hall–Kier alpha value is -1.70. The minimum absolute atomic E-state index is 0.562. The molecule has 0 fully saturated rings. The fourth-order valence-electron chi connectivity index (χ4n) is 1.04. The summed E-state index contributed by atoms with van der Waals surface area (Å²) in [5.74, 6) is 0. The second-order valence-electron chi connectivity index (χ2n) is 2.77. The molecule has 0 aromatic heterocycles. The maximum Gasteiger partial charge on any atom is 0.112 e. The number of rotatable bonds is 6. The molecule has 0 atom stereocenters. The minimum atomic E-state index is 0.562. The highest BCUT2D eigenvalue weighted by Gasteiger charge is 1.94. The predicted octanol–water partition coefficient (Wildman–Crippen LogP) is 3.01. The van der Waals surface area contributed by atoms with Gasteiger partial charge in [0.05, 0.1) is 12.5 Å². The van der Waals surface area contributed by atoms with Crippen molar-refractivity contribution >= 4 is 0 Å². The summed E-state index contributed by atoms with van der Waals surface area (Å²) in [4.78, 5) is 0. The van der Waals surface area contributed by atoms with Gasteiger partial charge in [-0.15, -0.1) is 0 Å². The fourth-order valence-corrected chi connectivity index (χ4v) is 1.04. The molecule has 0 spiro atoms. The molecule has 0 N–H and O–H groups in total. The molecule has 0 radical (unpaired) electrons. The van der Waals surface area contributed by atoms with E-state index in [4.69, 9.17) is 9.47 Å². The van der Waals surface area contributed by atoms with Crippen molar-refractivity contribution in [3.63, 3.8) is 0 Å². The molecule has 1 aromatic rings. The van der Waals surface area contributed by atoms with Gasteiger partial charge in [-0.3, -0.25) is 0 Å². The molecule has 0 saturated carbocycles. The number of benzene rings is 1. The Balaban J connectivity index is 2.49. The second-order valence-corrected chi connectivity index (χ2v) is 2.77. The van der Waals surface area contributed by atoms with Crippen molar-refractivity contribution in [2.24, 2.45) is 0 Å². The van der Waals surface area contributed by atoms with Gasteiger partial charge in [0.25, 0.3) is 0 Å². The summed E-state index contributed by atoms with van der Waals surface area (Å²) in [6, 6.07) is 8.02. The molecular weight excluding hydrogens is 176 g/mol. The van der Waals surface area contributed by atoms with E-state index >= 15 is 0 Å². The van der Waals surface area contributed by atoms with Crippen LogP contribution in [0.15, 0.2) is 49.9 Å². The summed E-state index contributed by atoms with van der Waals surface area (Å²) in [5, 5.41) is 0. The van der Waals surface area contributed by atoms with Crippen LogP contribution in [0.1, 0.15) is 11.1 Å². The van der Waals surface area contributed by atoms with Gasteiger partial charge in [-0.1, -0.05) is 37.4 Å². The SMILES string of the molecule is C=COCc1ccc(COC=C)cc1. The first-order valence-electron chi connectivity index (χ1n) is 4.39. The molecule has 0 aliphatic rings. The lowest BCUT2D eigenvalue weighted by atomic mass is 10.1. The van der Waals surface area contributed by atoms with Crippen molar-refractivity contribution in [1.82, 2.24) is 0 Å². The third-order valence-electron chi connectivity index (χ3n) is 1.76. The molecule has 14 heavy (non-hydrogen) atoms. The lowest BCUT2D eigenvalue weighted by Gasteiger charge is -2.03. The minimum Gasteiger partial charge on any atom is -0.497 e. The summed E-state index contributed by atoms with van der Waals surface area (Å²) >= 11 is 0. The molecule has 2 heteroatoms.